The molecule has 5 heteroatoms. The molecule has 1 aliphatic rings. The number of amides is 1. The number of carbonyl (C=O) groups excluding carboxylic acids is 1. The number of pyridine rings is 1. The SMILES string of the molecule is CN(CC1CC1)C(=O)c1ccccc1SCc1cn2ccccc2n1. The van der Waals surface area contributed by atoms with E-state index in [0.29, 0.717) is 5.92 Å². The Labute approximate surface area is 151 Å². The Morgan fingerprint density at radius 3 is 2.84 bits per heavy atom. The van der Waals surface area contributed by atoms with E-state index in [4.69, 9.17) is 0 Å². The molecule has 4 nitrogen and oxygen atoms in total. The zero-order chi connectivity index (χ0) is 17.2. The third-order valence-corrected chi connectivity index (χ3v) is 5.59. The van der Waals surface area contributed by atoms with Crippen LogP contribution >= 0.6 is 11.8 Å². The van der Waals surface area contributed by atoms with Gasteiger partial charge in [0.15, 0.2) is 0 Å². The Hall–Kier alpha value is -2.27. The lowest BCUT2D eigenvalue weighted by Gasteiger charge is -2.18. The van der Waals surface area contributed by atoms with Crippen molar-refractivity contribution in [2.75, 3.05) is 13.6 Å². The summed E-state index contributed by atoms with van der Waals surface area (Å²) in [4.78, 5) is 20.3. The van der Waals surface area contributed by atoms with Crippen molar-refractivity contribution in [1.82, 2.24) is 14.3 Å². The zero-order valence-corrected chi connectivity index (χ0v) is 15.1. The summed E-state index contributed by atoms with van der Waals surface area (Å²) >= 11 is 1.67. The molecule has 0 aliphatic heterocycles. The number of hydrogen-bond donors (Lipinski definition) is 0. The van der Waals surface area contributed by atoms with Gasteiger partial charge in [-0.2, -0.15) is 0 Å². The molecule has 3 aromatic rings. The highest BCUT2D eigenvalue weighted by molar-refractivity contribution is 7.98. The molecule has 0 atom stereocenters. The number of fused-ring (bicyclic) bond motifs is 1. The Bertz CT molecular complexity index is 868. The van der Waals surface area contributed by atoms with Crippen LogP contribution in [0, 0.1) is 5.92 Å². The molecule has 0 unspecified atom stereocenters. The van der Waals surface area contributed by atoms with Gasteiger partial charge in [-0.25, -0.2) is 4.98 Å². The molecule has 0 N–H and O–H groups in total. The number of thioether (sulfide) groups is 1. The lowest BCUT2D eigenvalue weighted by molar-refractivity contribution is 0.0785. The molecule has 128 valence electrons. The van der Waals surface area contributed by atoms with Gasteiger partial charge < -0.3 is 9.30 Å². The summed E-state index contributed by atoms with van der Waals surface area (Å²) in [5.74, 6) is 1.56. The van der Waals surface area contributed by atoms with Crippen LogP contribution in [0.3, 0.4) is 0 Å². The quantitative estimate of drug-likeness (QED) is 0.627. The maximum absolute atomic E-state index is 12.8. The van der Waals surface area contributed by atoms with Gasteiger partial charge in [0.2, 0.25) is 0 Å². The number of imidazole rings is 1. The summed E-state index contributed by atoms with van der Waals surface area (Å²) in [6.07, 6.45) is 6.55. The second-order valence-corrected chi connectivity index (χ2v) is 7.63. The minimum Gasteiger partial charge on any atom is -0.341 e. The van der Waals surface area contributed by atoms with Gasteiger partial charge in [0.1, 0.15) is 5.65 Å². The van der Waals surface area contributed by atoms with Crippen LogP contribution < -0.4 is 0 Å². The molecule has 25 heavy (non-hydrogen) atoms. The first-order valence-corrected chi connectivity index (χ1v) is 9.59. The summed E-state index contributed by atoms with van der Waals surface area (Å²) in [5.41, 5.74) is 2.76. The summed E-state index contributed by atoms with van der Waals surface area (Å²) in [6, 6.07) is 13.9. The molecule has 2 heterocycles. The zero-order valence-electron chi connectivity index (χ0n) is 14.3. The molecule has 4 rings (SSSR count). The number of carbonyl (C=O) groups is 1. The minimum atomic E-state index is 0.116. The van der Waals surface area contributed by atoms with Gasteiger partial charge in [0.25, 0.3) is 5.91 Å². The molecule has 0 radical (unpaired) electrons. The summed E-state index contributed by atoms with van der Waals surface area (Å²) in [5, 5.41) is 0. The van der Waals surface area contributed by atoms with E-state index in [1.165, 1.54) is 12.8 Å². The van der Waals surface area contributed by atoms with E-state index in [1.54, 1.807) is 11.8 Å². The van der Waals surface area contributed by atoms with E-state index < -0.39 is 0 Å². The Morgan fingerprint density at radius 1 is 1.24 bits per heavy atom. The third kappa shape index (κ3) is 3.71. The first-order valence-electron chi connectivity index (χ1n) is 8.60. The average molecular weight is 351 g/mol. The van der Waals surface area contributed by atoms with Gasteiger partial charge in [-0.1, -0.05) is 18.2 Å². The van der Waals surface area contributed by atoms with Crippen molar-refractivity contribution in [3.8, 4) is 0 Å². The molecule has 0 saturated heterocycles. The summed E-state index contributed by atoms with van der Waals surface area (Å²) < 4.78 is 2.02. The van der Waals surface area contributed by atoms with E-state index >= 15 is 0 Å². The molecule has 1 aromatic carbocycles. The van der Waals surface area contributed by atoms with Crippen molar-refractivity contribution in [3.05, 3.63) is 66.1 Å². The lowest BCUT2D eigenvalue weighted by Crippen LogP contribution is -2.29. The molecule has 1 fully saturated rings. The number of benzene rings is 1. The van der Waals surface area contributed by atoms with Crippen LogP contribution in [-0.2, 0) is 5.75 Å². The first-order chi connectivity index (χ1) is 12.2. The smallest absolute Gasteiger partial charge is 0.254 e. The van der Waals surface area contributed by atoms with Gasteiger partial charge >= 0.3 is 0 Å². The van der Waals surface area contributed by atoms with E-state index in [1.807, 2.05) is 71.2 Å². The average Bonchev–Trinajstić information content (AvgIpc) is 3.35. The van der Waals surface area contributed by atoms with E-state index in [9.17, 15) is 4.79 Å². The van der Waals surface area contributed by atoms with Gasteiger partial charge in [-0.3, -0.25) is 4.79 Å². The second kappa shape index (κ2) is 6.92. The normalized spacial score (nSPS) is 14.0. The topological polar surface area (TPSA) is 37.6 Å². The van der Waals surface area contributed by atoms with Crippen LogP contribution in [0.2, 0.25) is 0 Å². The van der Waals surface area contributed by atoms with Gasteiger partial charge in [-0.15, -0.1) is 11.8 Å². The van der Waals surface area contributed by atoms with Crippen LogP contribution in [-0.4, -0.2) is 33.8 Å². The molecule has 1 amide bonds. The fourth-order valence-electron chi connectivity index (χ4n) is 2.95. The van der Waals surface area contributed by atoms with Crippen LogP contribution in [0.1, 0.15) is 28.9 Å². The van der Waals surface area contributed by atoms with E-state index in [0.717, 1.165) is 34.1 Å². The number of rotatable bonds is 6. The number of nitrogens with zero attached hydrogens (tertiary/aromatic N) is 3. The van der Waals surface area contributed by atoms with Gasteiger partial charge in [-0.05, 0) is 43.0 Å². The second-order valence-electron chi connectivity index (χ2n) is 6.61. The van der Waals surface area contributed by atoms with Crippen LogP contribution in [0.4, 0.5) is 0 Å². The van der Waals surface area contributed by atoms with Crippen molar-refractivity contribution in [2.45, 2.75) is 23.5 Å². The van der Waals surface area contributed by atoms with E-state index in [-0.39, 0.29) is 5.91 Å². The van der Waals surface area contributed by atoms with Crippen LogP contribution in [0.25, 0.3) is 5.65 Å². The number of aromatic nitrogens is 2. The van der Waals surface area contributed by atoms with Crippen LogP contribution in [0.15, 0.2) is 59.8 Å². The summed E-state index contributed by atoms with van der Waals surface area (Å²) in [7, 11) is 1.91. The van der Waals surface area contributed by atoms with Crippen molar-refractivity contribution in [3.63, 3.8) is 0 Å². The molecule has 0 bridgehead atoms. The van der Waals surface area contributed by atoms with Crippen molar-refractivity contribution >= 4 is 23.3 Å². The highest BCUT2D eigenvalue weighted by atomic mass is 32.2. The lowest BCUT2D eigenvalue weighted by atomic mass is 10.2. The largest absolute Gasteiger partial charge is 0.341 e. The molecule has 1 saturated carbocycles. The summed E-state index contributed by atoms with van der Waals surface area (Å²) in [6.45, 7) is 0.865. The molecular weight excluding hydrogens is 330 g/mol. The maximum Gasteiger partial charge on any atom is 0.254 e. The predicted molar refractivity (Wildman–Crippen MR) is 101 cm³/mol. The van der Waals surface area contributed by atoms with Gasteiger partial charge in [0.05, 0.1) is 11.3 Å². The molecule has 2 aromatic heterocycles. The van der Waals surface area contributed by atoms with Crippen LogP contribution in [0.5, 0.6) is 0 Å². The highest BCUT2D eigenvalue weighted by Crippen LogP contribution is 2.31. The van der Waals surface area contributed by atoms with Crippen molar-refractivity contribution < 1.29 is 4.79 Å². The fourth-order valence-corrected chi connectivity index (χ4v) is 3.88. The number of hydrogen-bond acceptors (Lipinski definition) is 3. The third-order valence-electron chi connectivity index (χ3n) is 4.48. The van der Waals surface area contributed by atoms with Crippen molar-refractivity contribution in [1.29, 1.82) is 0 Å². The standard InChI is InChI=1S/C20H21N3OS/c1-22(12-15-9-10-15)20(24)17-6-2-3-7-18(17)25-14-16-13-23-11-5-4-8-19(23)21-16/h2-8,11,13,15H,9-10,12,14H2,1H3. The predicted octanol–water partition coefficient (Wildman–Crippen LogP) is 4.11. The molecule has 0 spiro atoms. The minimum absolute atomic E-state index is 0.116. The first kappa shape index (κ1) is 16.2. The monoisotopic (exact) mass is 351 g/mol. The Balaban J connectivity index is 1.49. The molecule has 1 aliphatic carbocycles. The maximum atomic E-state index is 12.8. The van der Waals surface area contributed by atoms with Gasteiger partial charge in [0, 0.05) is 36.6 Å². The fraction of sp³-hybridized carbons (Fsp3) is 0.300. The Kier molecular flexibility index (Phi) is 4.49. The van der Waals surface area contributed by atoms with E-state index in [2.05, 4.69) is 4.98 Å². The Morgan fingerprint density at radius 2 is 2.04 bits per heavy atom. The molecular formula is C20H21N3OS. The van der Waals surface area contributed by atoms with Crippen molar-refractivity contribution in [2.24, 2.45) is 5.92 Å². The highest BCUT2D eigenvalue weighted by Gasteiger charge is 2.26.